The van der Waals surface area contributed by atoms with Crippen molar-refractivity contribution in [2.75, 3.05) is 10.5 Å². The second kappa shape index (κ2) is 5.65. The average molecular weight is 373 g/mol. The summed E-state index contributed by atoms with van der Waals surface area (Å²) in [6, 6.07) is 6.67. The molecule has 0 aliphatic rings. The Labute approximate surface area is 131 Å². The molecule has 7 heteroatoms. The lowest BCUT2D eigenvalue weighted by Gasteiger charge is -2.12. The standard InChI is InChI=1S/C14H14BrFN2O2S/c1-8-5-11(7-13(17)9(8)2)21(19,20)18-14-4-3-10(16)6-12(14)15/h3-7,18H,17H2,1-2H3. The molecule has 21 heavy (non-hydrogen) atoms. The van der Waals surface area contributed by atoms with Crippen LogP contribution in [-0.4, -0.2) is 8.42 Å². The van der Waals surface area contributed by atoms with E-state index >= 15 is 0 Å². The van der Waals surface area contributed by atoms with Crippen LogP contribution in [0.5, 0.6) is 0 Å². The zero-order valence-electron chi connectivity index (χ0n) is 11.4. The van der Waals surface area contributed by atoms with Gasteiger partial charge in [-0.05, 0) is 71.2 Å². The van der Waals surface area contributed by atoms with E-state index in [9.17, 15) is 12.8 Å². The highest BCUT2D eigenvalue weighted by molar-refractivity contribution is 9.10. The van der Waals surface area contributed by atoms with Crippen LogP contribution < -0.4 is 10.5 Å². The van der Waals surface area contributed by atoms with Gasteiger partial charge in [0, 0.05) is 10.2 Å². The molecule has 0 amide bonds. The van der Waals surface area contributed by atoms with E-state index in [-0.39, 0.29) is 10.6 Å². The Morgan fingerprint density at radius 2 is 1.86 bits per heavy atom. The fraction of sp³-hybridized carbons (Fsp3) is 0.143. The highest BCUT2D eigenvalue weighted by Crippen LogP contribution is 2.27. The Bertz CT molecular complexity index is 784. The molecule has 0 atom stereocenters. The van der Waals surface area contributed by atoms with Crippen molar-refractivity contribution in [2.45, 2.75) is 18.7 Å². The maximum atomic E-state index is 13.0. The van der Waals surface area contributed by atoms with Crippen molar-refractivity contribution in [1.82, 2.24) is 0 Å². The number of sulfonamides is 1. The molecule has 0 heterocycles. The number of halogens is 2. The van der Waals surface area contributed by atoms with Crippen molar-refractivity contribution in [2.24, 2.45) is 0 Å². The number of nitrogen functional groups attached to an aromatic ring is 1. The van der Waals surface area contributed by atoms with Gasteiger partial charge in [-0.2, -0.15) is 0 Å². The molecule has 0 saturated carbocycles. The third-order valence-corrected chi connectivity index (χ3v) is 5.17. The lowest BCUT2D eigenvalue weighted by molar-refractivity contribution is 0.601. The fourth-order valence-corrected chi connectivity index (χ4v) is 3.56. The summed E-state index contributed by atoms with van der Waals surface area (Å²) in [5.41, 5.74) is 8.11. The van der Waals surface area contributed by atoms with E-state index in [1.807, 2.05) is 6.92 Å². The van der Waals surface area contributed by atoms with E-state index in [1.165, 1.54) is 24.3 Å². The van der Waals surface area contributed by atoms with Crippen LogP contribution in [0.4, 0.5) is 15.8 Å². The van der Waals surface area contributed by atoms with E-state index in [0.29, 0.717) is 10.2 Å². The summed E-state index contributed by atoms with van der Waals surface area (Å²) in [5.74, 6) is -0.458. The molecule has 0 aromatic heterocycles. The predicted molar refractivity (Wildman–Crippen MR) is 85.2 cm³/mol. The molecular formula is C14H14BrFN2O2S. The van der Waals surface area contributed by atoms with Crippen molar-refractivity contribution in [3.05, 3.63) is 51.7 Å². The number of nitrogens with two attached hydrogens (primary N) is 1. The van der Waals surface area contributed by atoms with Gasteiger partial charge in [0.1, 0.15) is 5.82 Å². The lowest BCUT2D eigenvalue weighted by atomic mass is 10.1. The number of hydrogen-bond acceptors (Lipinski definition) is 3. The molecular weight excluding hydrogens is 359 g/mol. The third kappa shape index (κ3) is 3.36. The number of anilines is 2. The van der Waals surface area contributed by atoms with Crippen molar-refractivity contribution in [3.63, 3.8) is 0 Å². The van der Waals surface area contributed by atoms with Gasteiger partial charge in [-0.25, -0.2) is 12.8 Å². The van der Waals surface area contributed by atoms with Gasteiger partial charge in [-0.3, -0.25) is 4.72 Å². The Kier molecular flexibility index (Phi) is 4.25. The van der Waals surface area contributed by atoms with Crippen LogP contribution >= 0.6 is 15.9 Å². The summed E-state index contributed by atoms with van der Waals surface area (Å²) < 4.78 is 40.5. The largest absolute Gasteiger partial charge is 0.398 e. The first-order chi connectivity index (χ1) is 9.70. The van der Waals surface area contributed by atoms with Crippen molar-refractivity contribution < 1.29 is 12.8 Å². The summed E-state index contributed by atoms with van der Waals surface area (Å²) in [7, 11) is -3.79. The van der Waals surface area contributed by atoms with E-state index in [4.69, 9.17) is 5.73 Å². The number of aryl methyl sites for hydroxylation is 1. The summed E-state index contributed by atoms with van der Waals surface area (Å²) in [6.07, 6.45) is 0. The van der Waals surface area contributed by atoms with Crippen LogP contribution in [-0.2, 0) is 10.0 Å². The molecule has 0 fully saturated rings. The zero-order valence-corrected chi connectivity index (χ0v) is 13.8. The maximum Gasteiger partial charge on any atom is 0.262 e. The predicted octanol–water partition coefficient (Wildman–Crippen LogP) is 3.59. The van der Waals surface area contributed by atoms with Gasteiger partial charge >= 0.3 is 0 Å². The van der Waals surface area contributed by atoms with Crippen molar-refractivity contribution in [1.29, 1.82) is 0 Å². The van der Waals surface area contributed by atoms with Crippen LogP contribution in [0.15, 0.2) is 39.7 Å². The van der Waals surface area contributed by atoms with Gasteiger partial charge in [-0.15, -0.1) is 0 Å². The minimum Gasteiger partial charge on any atom is -0.398 e. The normalized spacial score (nSPS) is 11.4. The van der Waals surface area contributed by atoms with E-state index in [2.05, 4.69) is 20.7 Å². The van der Waals surface area contributed by atoms with Gasteiger partial charge in [0.2, 0.25) is 0 Å². The molecule has 0 radical (unpaired) electrons. The second-order valence-corrected chi connectivity index (χ2v) is 7.22. The van der Waals surface area contributed by atoms with Crippen LogP contribution in [0.1, 0.15) is 11.1 Å². The minimum absolute atomic E-state index is 0.0688. The molecule has 4 nitrogen and oxygen atoms in total. The Balaban J connectivity index is 2.43. The number of rotatable bonds is 3. The minimum atomic E-state index is -3.79. The summed E-state index contributed by atoms with van der Waals surface area (Å²) in [6.45, 7) is 3.61. The first kappa shape index (κ1) is 15.8. The molecule has 0 unspecified atom stereocenters. The quantitative estimate of drug-likeness (QED) is 0.808. The van der Waals surface area contributed by atoms with Crippen LogP contribution in [0.2, 0.25) is 0 Å². The van der Waals surface area contributed by atoms with E-state index in [0.717, 1.165) is 11.1 Å². The molecule has 2 rings (SSSR count). The molecule has 2 aromatic rings. The molecule has 0 saturated heterocycles. The Morgan fingerprint density at radius 1 is 1.19 bits per heavy atom. The molecule has 112 valence electrons. The monoisotopic (exact) mass is 372 g/mol. The number of hydrogen-bond donors (Lipinski definition) is 2. The summed E-state index contributed by atoms with van der Waals surface area (Å²) in [4.78, 5) is 0.0688. The topological polar surface area (TPSA) is 72.2 Å². The Morgan fingerprint density at radius 3 is 2.43 bits per heavy atom. The van der Waals surface area contributed by atoms with Gasteiger partial charge < -0.3 is 5.73 Å². The Hall–Kier alpha value is -1.60. The smallest absolute Gasteiger partial charge is 0.262 e. The maximum absolute atomic E-state index is 13.0. The average Bonchev–Trinajstić information content (AvgIpc) is 2.38. The number of benzene rings is 2. The molecule has 0 aliphatic carbocycles. The van der Waals surface area contributed by atoms with Crippen molar-refractivity contribution >= 4 is 37.3 Å². The molecule has 2 aromatic carbocycles. The fourth-order valence-electron chi connectivity index (χ4n) is 1.78. The SMILES string of the molecule is Cc1cc(S(=O)(=O)Nc2ccc(F)cc2Br)cc(N)c1C. The first-order valence-corrected chi connectivity index (χ1v) is 8.33. The molecule has 0 spiro atoms. The van der Waals surface area contributed by atoms with E-state index < -0.39 is 15.8 Å². The molecule has 3 N–H and O–H groups in total. The van der Waals surface area contributed by atoms with Crippen LogP contribution in [0.3, 0.4) is 0 Å². The van der Waals surface area contributed by atoms with Gasteiger partial charge in [0.15, 0.2) is 0 Å². The third-order valence-electron chi connectivity index (χ3n) is 3.17. The van der Waals surface area contributed by atoms with Gasteiger partial charge in [0.25, 0.3) is 10.0 Å². The number of nitrogens with one attached hydrogen (secondary N) is 1. The van der Waals surface area contributed by atoms with Crippen molar-refractivity contribution in [3.8, 4) is 0 Å². The van der Waals surface area contributed by atoms with E-state index in [1.54, 1.807) is 13.0 Å². The molecule has 0 bridgehead atoms. The van der Waals surface area contributed by atoms with Gasteiger partial charge in [-0.1, -0.05) is 0 Å². The molecule has 0 aliphatic heterocycles. The highest BCUT2D eigenvalue weighted by Gasteiger charge is 2.17. The highest BCUT2D eigenvalue weighted by atomic mass is 79.9. The lowest BCUT2D eigenvalue weighted by Crippen LogP contribution is -2.14. The van der Waals surface area contributed by atoms with Crippen LogP contribution in [0.25, 0.3) is 0 Å². The van der Waals surface area contributed by atoms with Gasteiger partial charge in [0.05, 0.1) is 10.6 Å². The second-order valence-electron chi connectivity index (χ2n) is 4.68. The summed E-state index contributed by atoms with van der Waals surface area (Å²) >= 11 is 3.12. The first-order valence-electron chi connectivity index (χ1n) is 6.05. The zero-order chi connectivity index (χ0) is 15.8. The van der Waals surface area contributed by atoms with Crippen LogP contribution in [0, 0.1) is 19.7 Å². The summed E-state index contributed by atoms with van der Waals surface area (Å²) in [5, 5.41) is 0.